The first-order chi connectivity index (χ1) is 20.8. The smallest absolute Gasteiger partial charge is 0.0601 e. The molecule has 42 heavy (non-hydrogen) atoms. The molecule has 1 aliphatic rings. The Morgan fingerprint density at radius 1 is 0.357 bits per heavy atom. The maximum absolute atomic E-state index is 2.40. The molecule has 0 amide bonds. The van der Waals surface area contributed by atoms with Crippen LogP contribution in [-0.4, -0.2) is 0 Å². The topological polar surface area (TPSA) is 3.24 Å². The molecule has 0 saturated carbocycles. The van der Waals surface area contributed by atoms with Gasteiger partial charge >= 0.3 is 0 Å². The van der Waals surface area contributed by atoms with Gasteiger partial charge in [-0.15, -0.1) is 0 Å². The van der Waals surface area contributed by atoms with Gasteiger partial charge in [0.05, 0.1) is 11.4 Å². The SMILES string of the molecule is c1ccc2c(c1)Sc1ccccc1N2c1ccc2cc(-c3ccc4c5ccccc5c5ccccc5c4c3)ccc2c1. The van der Waals surface area contributed by atoms with E-state index in [1.165, 1.54) is 81.1 Å². The molecule has 0 saturated heterocycles. The lowest BCUT2D eigenvalue weighted by molar-refractivity contribution is 1.17. The van der Waals surface area contributed by atoms with Gasteiger partial charge in [-0.25, -0.2) is 0 Å². The van der Waals surface area contributed by atoms with E-state index >= 15 is 0 Å². The van der Waals surface area contributed by atoms with E-state index in [1.807, 2.05) is 11.8 Å². The van der Waals surface area contributed by atoms with Crippen molar-refractivity contribution < 1.29 is 0 Å². The number of para-hydroxylation sites is 2. The number of nitrogens with zero attached hydrogens (tertiary/aromatic N) is 1. The van der Waals surface area contributed by atoms with Crippen LogP contribution in [0.5, 0.6) is 0 Å². The lowest BCUT2D eigenvalue weighted by Crippen LogP contribution is -2.14. The van der Waals surface area contributed by atoms with Gasteiger partial charge in [0.1, 0.15) is 0 Å². The zero-order chi connectivity index (χ0) is 27.6. The molecule has 0 unspecified atom stereocenters. The summed E-state index contributed by atoms with van der Waals surface area (Å²) in [7, 11) is 0. The van der Waals surface area contributed by atoms with Crippen molar-refractivity contribution in [2.24, 2.45) is 0 Å². The fourth-order valence-corrected chi connectivity index (χ4v) is 7.68. The van der Waals surface area contributed by atoms with Gasteiger partial charge in [0, 0.05) is 15.5 Å². The van der Waals surface area contributed by atoms with Gasteiger partial charge in [-0.2, -0.15) is 0 Å². The predicted molar refractivity (Wildman–Crippen MR) is 181 cm³/mol. The van der Waals surface area contributed by atoms with E-state index in [1.54, 1.807) is 0 Å². The zero-order valence-electron chi connectivity index (χ0n) is 22.8. The predicted octanol–water partition coefficient (Wildman–Crippen LogP) is 11.9. The van der Waals surface area contributed by atoms with Gasteiger partial charge in [0.25, 0.3) is 0 Å². The van der Waals surface area contributed by atoms with Crippen molar-refractivity contribution in [3.63, 3.8) is 0 Å². The molecule has 0 aliphatic carbocycles. The van der Waals surface area contributed by atoms with Crippen molar-refractivity contribution in [1.82, 2.24) is 0 Å². The molecule has 0 bridgehead atoms. The van der Waals surface area contributed by atoms with Crippen LogP contribution in [0.1, 0.15) is 0 Å². The first kappa shape index (κ1) is 23.6. The van der Waals surface area contributed by atoms with Gasteiger partial charge in [0.15, 0.2) is 0 Å². The molecule has 0 aromatic heterocycles. The van der Waals surface area contributed by atoms with E-state index in [0.717, 1.165) is 0 Å². The standard InChI is InChI=1S/C40H25NS/c1-2-11-33-31(9-1)32-10-3-4-12-34(32)36-25-29(20-22-35(33)36)26-17-18-28-24-30(21-19-27(28)23-26)41-37-13-5-7-15-39(37)42-40-16-8-6-14-38(40)41/h1-25H. The Hall–Kier alpha value is -5.05. The summed E-state index contributed by atoms with van der Waals surface area (Å²) in [5.41, 5.74) is 6.12. The molecule has 0 N–H and O–H groups in total. The number of anilines is 3. The van der Waals surface area contributed by atoms with Crippen LogP contribution in [0.4, 0.5) is 17.1 Å². The minimum Gasteiger partial charge on any atom is -0.308 e. The Balaban J connectivity index is 1.17. The normalized spacial score (nSPS) is 12.6. The molecule has 0 fully saturated rings. The van der Waals surface area contributed by atoms with Crippen LogP contribution < -0.4 is 4.90 Å². The Bertz CT molecular complexity index is 2270. The zero-order valence-corrected chi connectivity index (χ0v) is 23.6. The monoisotopic (exact) mass is 551 g/mol. The Kier molecular flexibility index (Phi) is 5.20. The molecule has 0 radical (unpaired) electrons. The first-order valence-electron chi connectivity index (χ1n) is 14.4. The third-order valence-corrected chi connectivity index (χ3v) is 9.72. The second-order valence-corrected chi connectivity index (χ2v) is 12.1. The van der Waals surface area contributed by atoms with Gasteiger partial charge in [0.2, 0.25) is 0 Å². The van der Waals surface area contributed by atoms with Crippen LogP contribution in [0.3, 0.4) is 0 Å². The van der Waals surface area contributed by atoms with Gasteiger partial charge in [-0.05, 0) is 103 Å². The summed E-state index contributed by atoms with van der Waals surface area (Å²) in [4.78, 5) is 4.96. The van der Waals surface area contributed by atoms with Crippen molar-refractivity contribution in [2.45, 2.75) is 9.79 Å². The minimum absolute atomic E-state index is 1.18. The van der Waals surface area contributed by atoms with Crippen LogP contribution in [0.25, 0.3) is 54.2 Å². The van der Waals surface area contributed by atoms with E-state index in [0.29, 0.717) is 0 Å². The van der Waals surface area contributed by atoms with Crippen molar-refractivity contribution in [2.75, 3.05) is 4.90 Å². The van der Waals surface area contributed by atoms with E-state index in [2.05, 4.69) is 157 Å². The highest BCUT2D eigenvalue weighted by molar-refractivity contribution is 7.99. The van der Waals surface area contributed by atoms with E-state index in [4.69, 9.17) is 0 Å². The summed E-state index contributed by atoms with van der Waals surface area (Å²) in [5, 5.41) is 10.3. The number of rotatable bonds is 2. The van der Waals surface area contributed by atoms with Crippen molar-refractivity contribution in [3.05, 3.63) is 152 Å². The van der Waals surface area contributed by atoms with Gasteiger partial charge in [-0.3, -0.25) is 0 Å². The Morgan fingerprint density at radius 3 is 1.50 bits per heavy atom. The second-order valence-electron chi connectivity index (χ2n) is 11.0. The van der Waals surface area contributed by atoms with Crippen LogP contribution in [0, 0.1) is 0 Å². The van der Waals surface area contributed by atoms with Crippen molar-refractivity contribution >= 4 is 71.9 Å². The largest absolute Gasteiger partial charge is 0.308 e. The molecule has 2 heteroatoms. The van der Waals surface area contributed by atoms with Crippen LogP contribution in [0.2, 0.25) is 0 Å². The number of fused-ring (bicyclic) bond motifs is 9. The lowest BCUT2D eigenvalue weighted by atomic mass is 9.91. The summed E-state index contributed by atoms with van der Waals surface area (Å²) in [6, 6.07) is 55.6. The van der Waals surface area contributed by atoms with Crippen LogP contribution in [-0.2, 0) is 0 Å². The highest BCUT2D eigenvalue weighted by Crippen LogP contribution is 2.51. The number of hydrogen-bond acceptors (Lipinski definition) is 2. The molecule has 1 heterocycles. The van der Waals surface area contributed by atoms with E-state index in [-0.39, 0.29) is 0 Å². The molecule has 0 atom stereocenters. The maximum atomic E-state index is 2.40. The Labute approximate surface area is 248 Å². The highest BCUT2D eigenvalue weighted by Gasteiger charge is 2.24. The molecule has 8 aromatic rings. The molecule has 8 aromatic carbocycles. The quantitative estimate of drug-likeness (QED) is 0.197. The molecule has 1 aliphatic heterocycles. The summed E-state index contributed by atoms with van der Waals surface area (Å²) in [6.45, 7) is 0. The summed E-state index contributed by atoms with van der Waals surface area (Å²) in [5.74, 6) is 0. The second kappa shape index (κ2) is 9.24. The van der Waals surface area contributed by atoms with Crippen molar-refractivity contribution in [1.29, 1.82) is 0 Å². The lowest BCUT2D eigenvalue weighted by Gasteiger charge is -2.33. The highest BCUT2D eigenvalue weighted by atomic mass is 32.2. The van der Waals surface area contributed by atoms with Crippen molar-refractivity contribution in [3.8, 4) is 11.1 Å². The van der Waals surface area contributed by atoms with E-state index < -0.39 is 0 Å². The molecular weight excluding hydrogens is 527 g/mol. The minimum atomic E-state index is 1.18. The maximum Gasteiger partial charge on any atom is 0.0601 e. The van der Waals surface area contributed by atoms with Crippen LogP contribution in [0.15, 0.2) is 161 Å². The average molecular weight is 552 g/mol. The van der Waals surface area contributed by atoms with Crippen LogP contribution >= 0.6 is 11.8 Å². The third-order valence-electron chi connectivity index (χ3n) is 8.59. The Morgan fingerprint density at radius 2 is 0.833 bits per heavy atom. The third kappa shape index (κ3) is 3.59. The molecule has 1 nitrogen and oxygen atoms in total. The summed E-state index contributed by atoms with van der Waals surface area (Å²) in [6.07, 6.45) is 0. The van der Waals surface area contributed by atoms with Gasteiger partial charge in [-0.1, -0.05) is 115 Å². The fourth-order valence-electron chi connectivity index (χ4n) is 6.62. The first-order valence-corrected chi connectivity index (χ1v) is 15.2. The molecular formula is C40H25NS. The van der Waals surface area contributed by atoms with E-state index in [9.17, 15) is 0 Å². The summed E-state index contributed by atoms with van der Waals surface area (Å²) >= 11 is 1.84. The molecule has 196 valence electrons. The molecule has 9 rings (SSSR count). The fraction of sp³-hybridized carbons (Fsp3) is 0. The average Bonchev–Trinajstić information content (AvgIpc) is 3.06. The van der Waals surface area contributed by atoms with Gasteiger partial charge < -0.3 is 4.90 Å². The summed E-state index contributed by atoms with van der Waals surface area (Å²) < 4.78 is 0. The number of benzene rings is 8. The molecule has 0 spiro atoms. The number of hydrogen-bond donors (Lipinski definition) is 0.